The van der Waals surface area contributed by atoms with Gasteiger partial charge in [0.2, 0.25) is 31.9 Å². The molecule has 80 heavy (non-hydrogen) atoms. The average Bonchev–Trinajstić information content (AvgIpc) is 4.12. The number of fused-ring (bicyclic) bond motifs is 2. The van der Waals surface area contributed by atoms with Gasteiger partial charge in [0.05, 0.1) is 33.1 Å². The van der Waals surface area contributed by atoms with Crippen LogP contribution in [0.4, 0.5) is 9.59 Å². The first kappa shape index (κ1) is 59.8. The van der Waals surface area contributed by atoms with Gasteiger partial charge in [-0.3, -0.25) is 9.59 Å². The number of hydrogen-bond acceptors (Lipinski definition) is 12. The van der Waals surface area contributed by atoms with E-state index in [2.05, 4.69) is 43.2 Å². The van der Waals surface area contributed by atoms with Gasteiger partial charge < -0.3 is 40.9 Å². The number of benzene rings is 4. The van der Waals surface area contributed by atoms with Crippen molar-refractivity contribution in [1.82, 2.24) is 40.9 Å². The van der Waals surface area contributed by atoms with Gasteiger partial charge in [-0.05, 0) is 134 Å². The van der Waals surface area contributed by atoms with Crippen LogP contribution in [-0.2, 0) is 42.7 Å². The molecule has 0 bridgehead atoms. The summed E-state index contributed by atoms with van der Waals surface area (Å²) in [6.07, 6.45) is 3.37. The number of hydrogen-bond donors (Lipinski definition) is 6. The molecule has 6 amide bonds. The summed E-state index contributed by atoms with van der Waals surface area (Å²) < 4.78 is 52.1. The summed E-state index contributed by atoms with van der Waals surface area (Å²) in [6.45, 7) is 4.87. The van der Waals surface area contributed by atoms with Crippen molar-refractivity contribution in [3.05, 3.63) is 126 Å². The number of urea groups is 2. The first-order valence-electron chi connectivity index (χ1n) is 26.9. The minimum Gasteiger partial charge on any atom is -0.342 e. The molecule has 20 nitrogen and oxygen atoms in total. The molecule has 0 saturated carbocycles. The molecule has 2 saturated heterocycles. The summed E-state index contributed by atoms with van der Waals surface area (Å²) in [5.74, 6) is -1.43. The number of nitrogens with two attached hydrogens (primary N) is 2. The highest BCUT2D eigenvalue weighted by Gasteiger charge is 2.39. The van der Waals surface area contributed by atoms with Gasteiger partial charge in [0.25, 0.3) is 0 Å². The lowest BCUT2D eigenvalue weighted by Gasteiger charge is -2.35. The van der Waals surface area contributed by atoms with E-state index in [9.17, 15) is 46.5 Å². The number of likely N-dealkylation sites (N-methyl/N-ethyl adjacent to an activating group) is 2. The Labute approximate surface area is 478 Å². The van der Waals surface area contributed by atoms with Gasteiger partial charge in [-0.25, -0.2) is 36.7 Å². The Balaban J connectivity index is 0.717. The lowest BCUT2D eigenvalue weighted by molar-refractivity contribution is -0.131. The smallest absolute Gasteiger partial charge is 0.314 e. The van der Waals surface area contributed by atoms with Crippen molar-refractivity contribution in [2.75, 3.05) is 79.5 Å². The van der Waals surface area contributed by atoms with Crippen LogP contribution in [0.25, 0.3) is 0 Å². The van der Waals surface area contributed by atoms with Gasteiger partial charge in [0, 0.05) is 125 Å². The lowest BCUT2D eigenvalue weighted by Crippen LogP contribution is -2.38. The maximum atomic E-state index is 13.4. The number of rotatable bonds is 19. The molecule has 8 rings (SSSR count). The Morgan fingerprint density at radius 2 is 0.950 bits per heavy atom. The molecule has 0 aromatic heterocycles. The van der Waals surface area contributed by atoms with Crippen LogP contribution in [0.15, 0.2) is 70.5 Å². The number of primary sulfonamides is 2. The van der Waals surface area contributed by atoms with Crippen LogP contribution in [0.2, 0.25) is 10.0 Å². The molecule has 0 spiro atoms. The van der Waals surface area contributed by atoms with E-state index in [1.807, 2.05) is 38.4 Å². The quantitative estimate of drug-likeness (QED) is 0.0639. The van der Waals surface area contributed by atoms with Gasteiger partial charge in [0.15, 0.2) is 0 Å². The van der Waals surface area contributed by atoms with Crippen LogP contribution in [-0.4, -0.2) is 140 Å². The monoisotopic (exact) mass is 1170 g/mol. The summed E-state index contributed by atoms with van der Waals surface area (Å²) in [7, 11) is -4.39. The van der Waals surface area contributed by atoms with E-state index in [4.69, 9.17) is 33.5 Å². The number of nitrogens with one attached hydrogen (secondary N) is 4. The number of carbonyl (C=O) groups is 4. The molecule has 4 heterocycles. The molecule has 4 aromatic rings. The van der Waals surface area contributed by atoms with Crippen molar-refractivity contribution in [3.8, 4) is 12.1 Å². The zero-order valence-electron chi connectivity index (χ0n) is 44.9. The Bertz CT molecular complexity index is 3130. The zero-order valence-corrected chi connectivity index (χ0v) is 48.0. The Hall–Kier alpha value is -6.34. The number of amides is 6. The van der Waals surface area contributed by atoms with Crippen molar-refractivity contribution >= 4 is 67.1 Å². The van der Waals surface area contributed by atoms with E-state index in [1.165, 1.54) is 12.1 Å². The second-order valence-corrected chi connectivity index (χ2v) is 25.2. The number of nitrogens with zero attached hydrogens (tertiary/aromatic N) is 6. The Kier molecular flexibility index (Phi) is 19.5. The molecular formula is C56H68Cl2N12O8S2. The number of likely N-dealkylation sites (tertiary alicyclic amines) is 2. The second-order valence-electron chi connectivity index (χ2n) is 21.3. The fourth-order valence-corrected chi connectivity index (χ4v) is 14.2. The van der Waals surface area contributed by atoms with E-state index in [0.29, 0.717) is 136 Å². The maximum Gasteiger partial charge on any atom is 0.314 e. The molecule has 0 aliphatic carbocycles. The second kappa shape index (κ2) is 26.1. The van der Waals surface area contributed by atoms with E-state index < -0.39 is 20.0 Å². The number of halogens is 2. The fraction of sp³-hybridized carbons (Fsp3) is 0.464. The topological polar surface area (TPSA) is 297 Å². The van der Waals surface area contributed by atoms with Crippen LogP contribution < -0.4 is 31.5 Å². The van der Waals surface area contributed by atoms with E-state index in [0.717, 1.165) is 33.4 Å². The van der Waals surface area contributed by atoms with E-state index >= 15 is 0 Å². The summed E-state index contributed by atoms with van der Waals surface area (Å²) in [4.78, 5) is 59.5. The minimum absolute atomic E-state index is 0.0172. The predicted octanol–water partition coefficient (Wildman–Crippen LogP) is 5.46. The molecule has 4 aliphatic rings. The van der Waals surface area contributed by atoms with Gasteiger partial charge in [-0.1, -0.05) is 47.5 Å². The highest BCUT2D eigenvalue weighted by atomic mass is 35.5. The van der Waals surface area contributed by atoms with Crippen molar-refractivity contribution in [1.29, 1.82) is 10.5 Å². The van der Waals surface area contributed by atoms with Crippen molar-refractivity contribution < 1.29 is 36.0 Å². The molecule has 4 aromatic carbocycles. The molecule has 2 unspecified atom stereocenters. The highest BCUT2D eigenvalue weighted by molar-refractivity contribution is 7.89. The van der Waals surface area contributed by atoms with Crippen LogP contribution in [0.3, 0.4) is 0 Å². The lowest BCUT2D eigenvalue weighted by atomic mass is 9.79. The highest BCUT2D eigenvalue weighted by Crippen LogP contribution is 2.45. The van der Waals surface area contributed by atoms with E-state index in [-0.39, 0.29) is 83.3 Å². The first-order chi connectivity index (χ1) is 38.1. The van der Waals surface area contributed by atoms with Crippen LogP contribution in [0.5, 0.6) is 0 Å². The molecule has 0 radical (unpaired) electrons. The van der Waals surface area contributed by atoms with Crippen molar-refractivity contribution in [3.63, 3.8) is 0 Å². The van der Waals surface area contributed by atoms with Gasteiger partial charge in [-0.2, -0.15) is 10.5 Å². The molecule has 24 heteroatoms. The van der Waals surface area contributed by atoms with Crippen LogP contribution >= 0.6 is 23.2 Å². The Morgan fingerprint density at radius 1 is 0.575 bits per heavy atom. The average molecular weight is 1170 g/mol. The van der Waals surface area contributed by atoms with Crippen LogP contribution in [0, 0.1) is 22.7 Å². The number of sulfonamides is 2. The summed E-state index contributed by atoms with van der Waals surface area (Å²) in [5, 5.41) is 43.4. The molecule has 8 N–H and O–H groups in total. The number of unbranched alkanes of at least 4 members (excludes halogenated alkanes) is 1. The van der Waals surface area contributed by atoms with Gasteiger partial charge in [0.1, 0.15) is 0 Å². The maximum absolute atomic E-state index is 13.4. The van der Waals surface area contributed by atoms with E-state index in [1.54, 1.807) is 34.1 Å². The summed E-state index contributed by atoms with van der Waals surface area (Å²) >= 11 is 13.0. The number of carbonyl (C=O) groups excluding carboxylic acids is 4. The van der Waals surface area contributed by atoms with Gasteiger partial charge in [-0.15, -0.1) is 0 Å². The molecule has 2 fully saturated rings. The third-order valence-corrected chi connectivity index (χ3v) is 18.1. The summed E-state index contributed by atoms with van der Waals surface area (Å²) in [5.41, 5.74) is 7.04. The largest absolute Gasteiger partial charge is 0.342 e. The molecule has 426 valence electrons. The Morgan fingerprint density at radius 3 is 1.31 bits per heavy atom. The SMILES string of the molecule is CN1Cc2c(C#N)cc(Cl)cc2C(c2cccc(S(N)(=O)=O)c2[C@@H]2CCN(C(=O)CCCNC(=O)NCCCCNC(=O)NCCCC(=O)N3CC[C@@H](c4c(C5CN(C)Cc6c(C#N)cc(Cl)cc65)cccc4S(N)(=O)=O)C3)C2)C1. The first-order valence-corrected chi connectivity index (χ1v) is 30.7. The summed E-state index contributed by atoms with van der Waals surface area (Å²) in [6, 6.07) is 20.9. The van der Waals surface area contributed by atoms with Gasteiger partial charge >= 0.3 is 12.1 Å². The molecular weight excluding hydrogens is 1100 g/mol. The molecule has 4 atom stereocenters. The molecule has 4 aliphatic heterocycles. The third-order valence-electron chi connectivity index (χ3n) is 15.7. The third kappa shape index (κ3) is 14.2. The zero-order chi connectivity index (χ0) is 57.5. The van der Waals surface area contributed by atoms with Crippen molar-refractivity contribution in [2.24, 2.45) is 10.3 Å². The minimum atomic E-state index is -4.14. The van der Waals surface area contributed by atoms with Crippen LogP contribution in [0.1, 0.15) is 131 Å². The normalized spacial score (nSPS) is 19.4. The van der Waals surface area contributed by atoms with Crippen molar-refractivity contribution in [2.45, 2.75) is 97.9 Å². The standard InChI is InChI=1S/C56H68Cl2N12O8S2/c1-67-31-45-37(27-59)23-39(57)25-43(45)47(33-67)41-9-5-11-49(79(61,75)76)53(41)35-15-21-69(29-35)51(71)13-7-19-65-55(73)63-17-3-4-18-64-56(74)66-20-8-14-52(72)70-22-16-36(30-70)54-42(10-6-12-50(54)80(62,77)78)48-34-68(2)32-46-38(28-60)24-40(58)26-44(46)48/h5-6,9-12,23-26,35-36,47-48H,3-4,7-8,13-22,29-34H2,1-2H3,(H2,61,75,76)(H2,62,77,78)(H2,63,65,73)(H2,64,66,74)/t35-,36-,47?,48?/m1/s1. The fourth-order valence-electron chi connectivity index (χ4n) is 12.0. The number of nitriles is 2. The predicted molar refractivity (Wildman–Crippen MR) is 303 cm³/mol.